The topological polar surface area (TPSA) is 106 Å². The van der Waals surface area contributed by atoms with Crippen molar-refractivity contribution in [1.82, 2.24) is 4.98 Å². The van der Waals surface area contributed by atoms with Crippen LogP contribution < -0.4 is 5.73 Å². The molecule has 0 atom stereocenters. The fraction of sp³-hybridized carbons (Fsp3) is 0.143. The molecule has 3 N–H and O–H groups in total. The van der Waals surface area contributed by atoms with Gasteiger partial charge in [-0.1, -0.05) is 0 Å². The maximum absolute atomic E-state index is 10.6. The molecule has 1 aromatic rings. The van der Waals surface area contributed by atoms with E-state index in [1.807, 2.05) is 0 Å². The smallest absolute Gasteiger partial charge is 0.292 e. The lowest BCUT2D eigenvalue weighted by molar-refractivity contribution is -0.385. The zero-order valence-corrected chi connectivity index (χ0v) is 8.61. The minimum absolute atomic E-state index is 0.0103. The number of aromatic nitrogens is 1. The summed E-state index contributed by atoms with van der Waals surface area (Å²) in [4.78, 5) is 13.9. The summed E-state index contributed by atoms with van der Waals surface area (Å²) >= 11 is 3.08. The van der Waals surface area contributed by atoms with E-state index in [1.54, 1.807) is 0 Å². The minimum atomic E-state index is -0.546. The molecule has 14 heavy (non-hydrogen) atoms. The summed E-state index contributed by atoms with van der Waals surface area (Å²) in [5.41, 5.74) is 5.21. The number of amidine groups is 1. The molecule has 74 valence electrons. The molecule has 1 heterocycles. The SMILES string of the molecule is N=C(N)Cc1ncc(Br)cc1[N+](=O)[O-]. The molecular formula is C7H7BrN4O2. The highest BCUT2D eigenvalue weighted by Crippen LogP contribution is 2.21. The number of nitrogens with two attached hydrogens (primary N) is 1. The molecule has 0 spiro atoms. The number of rotatable bonds is 3. The molecule has 0 saturated heterocycles. The van der Waals surface area contributed by atoms with Gasteiger partial charge < -0.3 is 5.73 Å². The fourth-order valence-electron chi connectivity index (χ4n) is 0.932. The lowest BCUT2D eigenvalue weighted by Gasteiger charge is -2.00. The highest BCUT2D eigenvalue weighted by atomic mass is 79.9. The summed E-state index contributed by atoms with van der Waals surface area (Å²) < 4.78 is 0.525. The van der Waals surface area contributed by atoms with Crippen LogP contribution in [0.1, 0.15) is 5.69 Å². The van der Waals surface area contributed by atoms with E-state index in [1.165, 1.54) is 12.3 Å². The Morgan fingerprint density at radius 1 is 1.79 bits per heavy atom. The molecule has 1 aromatic heterocycles. The number of nitrogens with zero attached hydrogens (tertiary/aromatic N) is 2. The van der Waals surface area contributed by atoms with Gasteiger partial charge in [-0.15, -0.1) is 0 Å². The summed E-state index contributed by atoms with van der Waals surface area (Å²) in [6.07, 6.45) is 1.43. The van der Waals surface area contributed by atoms with Gasteiger partial charge in [-0.2, -0.15) is 0 Å². The summed E-state index contributed by atoms with van der Waals surface area (Å²) in [6.45, 7) is 0. The van der Waals surface area contributed by atoms with E-state index in [0.29, 0.717) is 4.47 Å². The van der Waals surface area contributed by atoms with Crippen LogP contribution in [-0.2, 0) is 6.42 Å². The molecule has 0 aromatic carbocycles. The quantitative estimate of drug-likeness (QED) is 0.368. The molecule has 0 aliphatic carbocycles. The van der Waals surface area contributed by atoms with Crippen LogP contribution in [0.5, 0.6) is 0 Å². The Balaban J connectivity index is 3.14. The van der Waals surface area contributed by atoms with Crippen LogP contribution in [0, 0.1) is 15.5 Å². The Morgan fingerprint density at radius 3 is 2.93 bits per heavy atom. The second-order valence-electron chi connectivity index (χ2n) is 2.58. The van der Waals surface area contributed by atoms with Gasteiger partial charge in [-0.25, -0.2) is 0 Å². The molecule has 0 bridgehead atoms. The number of pyridine rings is 1. The zero-order valence-electron chi connectivity index (χ0n) is 7.03. The number of hydrogen-bond donors (Lipinski definition) is 2. The summed E-state index contributed by atoms with van der Waals surface area (Å²) in [5.74, 6) is -0.150. The van der Waals surface area contributed by atoms with Crippen molar-refractivity contribution in [2.75, 3.05) is 0 Å². The fourth-order valence-corrected chi connectivity index (χ4v) is 1.25. The summed E-state index contributed by atoms with van der Waals surface area (Å²) in [6, 6.07) is 1.34. The Morgan fingerprint density at radius 2 is 2.43 bits per heavy atom. The van der Waals surface area contributed by atoms with Gasteiger partial charge in [0.25, 0.3) is 5.69 Å². The van der Waals surface area contributed by atoms with Crippen LogP contribution in [0.2, 0.25) is 0 Å². The molecule has 0 fully saturated rings. The van der Waals surface area contributed by atoms with Gasteiger partial charge in [-0.3, -0.25) is 20.5 Å². The molecule has 1 rings (SSSR count). The first-order chi connectivity index (χ1) is 6.50. The van der Waals surface area contributed by atoms with E-state index >= 15 is 0 Å². The molecule has 0 unspecified atom stereocenters. The largest absolute Gasteiger partial charge is 0.387 e. The number of nitrogens with one attached hydrogen (secondary N) is 1. The summed E-state index contributed by atoms with van der Waals surface area (Å²) in [7, 11) is 0. The third kappa shape index (κ3) is 2.49. The molecule has 0 aliphatic rings. The molecular weight excluding hydrogens is 252 g/mol. The summed E-state index contributed by atoms with van der Waals surface area (Å²) in [5, 5.41) is 17.6. The third-order valence-corrected chi connectivity index (χ3v) is 1.90. The number of halogens is 1. The van der Waals surface area contributed by atoms with E-state index in [0.717, 1.165) is 0 Å². The molecule has 0 radical (unpaired) electrons. The van der Waals surface area contributed by atoms with E-state index in [4.69, 9.17) is 11.1 Å². The maximum atomic E-state index is 10.6. The molecule has 7 heteroatoms. The molecule has 0 aliphatic heterocycles. The monoisotopic (exact) mass is 258 g/mol. The van der Waals surface area contributed by atoms with Gasteiger partial charge in [0.1, 0.15) is 5.69 Å². The Hall–Kier alpha value is -1.50. The van der Waals surface area contributed by atoms with Crippen LogP contribution in [0.3, 0.4) is 0 Å². The predicted octanol–water partition coefficient (Wildman–Crippen LogP) is 1.23. The van der Waals surface area contributed by atoms with Crippen LogP contribution in [0.25, 0.3) is 0 Å². The van der Waals surface area contributed by atoms with E-state index in [2.05, 4.69) is 20.9 Å². The second-order valence-corrected chi connectivity index (χ2v) is 3.49. The second kappa shape index (κ2) is 4.14. The van der Waals surface area contributed by atoms with Crippen LogP contribution in [0.4, 0.5) is 5.69 Å². The lowest BCUT2D eigenvalue weighted by Crippen LogP contribution is -2.14. The standard InChI is InChI=1S/C7H7BrN4O2/c8-4-1-6(12(13)14)5(11-3-4)2-7(9)10/h1,3H,2H2,(H3,9,10). The Labute approximate surface area is 87.9 Å². The van der Waals surface area contributed by atoms with Crippen LogP contribution in [-0.4, -0.2) is 15.7 Å². The van der Waals surface area contributed by atoms with Crippen molar-refractivity contribution in [2.24, 2.45) is 5.73 Å². The van der Waals surface area contributed by atoms with Gasteiger partial charge in [-0.05, 0) is 15.9 Å². The van der Waals surface area contributed by atoms with Crippen molar-refractivity contribution < 1.29 is 4.92 Å². The Kier molecular flexibility index (Phi) is 3.13. The van der Waals surface area contributed by atoms with Crippen molar-refractivity contribution in [3.8, 4) is 0 Å². The molecule has 6 nitrogen and oxygen atoms in total. The van der Waals surface area contributed by atoms with Crippen LogP contribution >= 0.6 is 15.9 Å². The van der Waals surface area contributed by atoms with Crippen LogP contribution in [0.15, 0.2) is 16.7 Å². The van der Waals surface area contributed by atoms with E-state index < -0.39 is 4.92 Å². The van der Waals surface area contributed by atoms with Crippen molar-refractivity contribution in [3.05, 3.63) is 32.5 Å². The first-order valence-corrected chi connectivity index (χ1v) is 4.41. The average Bonchev–Trinajstić information content (AvgIpc) is 2.07. The van der Waals surface area contributed by atoms with Crippen molar-refractivity contribution in [1.29, 1.82) is 5.41 Å². The maximum Gasteiger partial charge on any atom is 0.292 e. The molecule has 0 saturated carbocycles. The van der Waals surface area contributed by atoms with Gasteiger partial charge in [0.05, 0.1) is 17.2 Å². The van der Waals surface area contributed by atoms with Gasteiger partial charge in [0.15, 0.2) is 0 Å². The van der Waals surface area contributed by atoms with Crippen molar-refractivity contribution in [2.45, 2.75) is 6.42 Å². The van der Waals surface area contributed by atoms with E-state index in [9.17, 15) is 10.1 Å². The normalized spacial score (nSPS) is 9.79. The third-order valence-electron chi connectivity index (χ3n) is 1.47. The van der Waals surface area contributed by atoms with Gasteiger partial charge in [0.2, 0.25) is 0 Å². The van der Waals surface area contributed by atoms with Crippen molar-refractivity contribution >= 4 is 27.5 Å². The van der Waals surface area contributed by atoms with E-state index in [-0.39, 0.29) is 23.6 Å². The van der Waals surface area contributed by atoms with Crippen molar-refractivity contribution in [3.63, 3.8) is 0 Å². The average molecular weight is 259 g/mol. The number of nitro groups is 1. The predicted molar refractivity (Wildman–Crippen MR) is 54.2 cm³/mol. The zero-order chi connectivity index (χ0) is 10.7. The minimum Gasteiger partial charge on any atom is -0.387 e. The first kappa shape index (κ1) is 10.6. The highest BCUT2D eigenvalue weighted by Gasteiger charge is 2.16. The lowest BCUT2D eigenvalue weighted by atomic mass is 10.2. The molecule has 0 amide bonds. The van der Waals surface area contributed by atoms with Gasteiger partial charge >= 0.3 is 0 Å². The number of hydrogen-bond acceptors (Lipinski definition) is 4. The Bertz CT molecular complexity index is 393. The van der Waals surface area contributed by atoms with Gasteiger partial charge in [0, 0.05) is 16.7 Å². The highest BCUT2D eigenvalue weighted by molar-refractivity contribution is 9.10. The first-order valence-electron chi connectivity index (χ1n) is 3.62.